The highest BCUT2D eigenvalue weighted by atomic mass is 19.1. The number of hydrogen-bond acceptors (Lipinski definition) is 1. The van der Waals surface area contributed by atoms with Crippen molar-refractivity contribution in [3.05, 3.63) is 35.1 Å². The maximum absolute atomic E-state index is 13.6. The molecule has 3 rings (SSSR count). The minimum Gasteiger partial charge on any atom is -0.321 e. The second-order valence-corrected chi connectivity index (χ2v) is 5.44. The molecular weight excluding hydrogens is 201 g/mol. The Labute approximate surface area is 95.8 Å². The average molecular weight is 219 g/mol. The quantitative estimate of drug-likeness (QED) is 0.827. The molecule has 16 heavy (non-hydrogen) atoms. The molecule has 0 spiro atoms. The molecule has 0 saturated heterocycles. The summed E-state index contributed by atoms with van der Waals surface area (Å²) in [5.41, 5.74) is 7.98. The minimum atomic E-state index is -0.137. The van der Waals surface area contributed by atoms with Crippen LogP contribution in [0, 0.1) is 11.7 Å². The lowest BCUT2D eigenvalue weighted by Crippen LogP contribution is -2.19. The van der Waals surface area contributed by atoms with Crippen LogP contribution in [-0.2, 0) is 12.0 Å². The van der Waals surface area contributed by atoms with E-state index in [0.29, 0.717) is 0 Å². The van der Waals surface area contributed by atoms with E-state index in [2.05, 4.69) is 0 Å². The first-order valence-electron chi connectivity index (χ1n) is 6.25. The van der Waals surface area contributed by atoms with Crippen LogP contribution in [0.3, 0.4) is 0 Å². The average Bonchev–Trinajstić information content (AvgIpc) is 3.14. The highest BCUT2D eigenvalue weighted by Crippen LogP contribution is 2.43. The van der Waals surface area contributed by atoms with Gasteiger partial charge in [-0.1, -0.05) is 25.0 Å². The predicted molar refractivity (Wildman–Crippen MR) is 62.5 cm³/mol. The number of benzene rings is 1. The molecular formula is C14H18FN. The lowest BCUT2D eigenvalue weighted by atomic mass is 9.99. The maximum atomic E-state index is 13.6. The highest BCUT2D eigenvalue weighted by molar-refractivity contribution is 5.34. The van der Waals surface area contributed by atoms with Crippen LogP contribution in [0.25, 0.3) is 0 Å². The van der Waals surface area contributed by atoms with E-state index in [9.17, 15) is 4.39 Å². The third-order valence-corrected chi connectivity index (χ3v) is 3.93. The summed E-state index contributed by atoms with van der Waals surface area (Å²) in [6, 6.07) is 5.43. The third kappa shape index (κ3) is 1.99. The van der Waals surface area contributed by atoms with Crippen LogP contribution in [-0.4, -0.2) is 0 Å². The molecule has 0 heterocycles. The van der Waals surface area contributed by atoms with Gasteiger partial charge in [-0.05, 0) is 48.8 Å². The van der Waals surface area contributed by atoms with E-state index in [-0.39, 0.29) is 11.4 Å². The Kier molecular flexibility index (Phi) is 2.28. The topological polar surface area (TPSA) is 26.0 Å². The molecule has 0 radical (unpaired) electrons. The highest BCUT2D eigenvalue weighted by Gasteiger charge is 2.40. The van der Waals surface area contributed by atoms with Crippen molar-refractivity contribution in [3.63, 3.8) is 0 Å². The maximum Gasteiger partial charge on any atom is 0.126 e. The zero-order valence-corrected chi connectivity index (χ0v) is 9.51. The van der Waals surface area contributed by atoms with Crippen molar-refractivity contribution in [2.45, 2.75) is 44.1 Å². The summed E-state index contributed by atoms with van der Waals surface area (Å²) in [6.45, 7) is 0. The van der Waals surface area contributed by atoms with Crippen LogP contribution in [0.1, 0.15) is 43.2 Å². The van der Waals surface area contributed by atoms with Gasteiger partial charge in [0.15, 0.2) is 0 Å². The molecule has 0 unspecified atom stereocenters. The SMILES string of the molecule is NC1(c2ccc(F)c(CCC3CC3)c2)CC1. The number of rotatable bonds is 4. The van der Waals surface area contributed by atoms with Gasteiger partial charge in [0.2, 0.25) is 0 Å². The van der Waals surface area contributed by atoms with E-state index in [1.807, 2.05) is 12.1 Å². The lowest BCUT2D eigenvalue weighted by molar-refractivity contribution is 0.594. The molecule has 2 N–H and O–H groups in total. The Balaban J connectivity index is 1.78. The van der Waals surface area contributed by atoms with Crippen LogP contribution < -0.4 is 5.73 Å². The van der Waals surface area contributed by atoms with Gasteiger partial charge in [0.05, 0.1) is 0 Å². The molecule has 2 aliphatic rings. The van der Waals surface area contributed by atoms with Gasteiger partial charge in [0.1, 0.15) is 5.82 Å². The number of hydrogen-bond donors (Lipinski definition) is 1. The van der Waals surface area contributed by atoms with Gasteiger partial charge in [-0.3, -0.25) is 0 Å². The van der Waals surface area contributed by atoms with Crippen molar-refractivity contribution in [2.24, 2.45) is 11.7 Å². The molecule has 1 aromatic carbocycles. The van der Waals surface area contributed by atoms with E-state index in [4.69, 9.17) is 5.73 Å². The zero-order chi connectivity index (χ0) is 11.2. The summed E-state index contributed by atoms with van der Waals surface area (Å²) in [5, 5.41) is 0. The van der Waals surface area contributed by atoms with E-state index >= 15 is 0 Å². The van der Waals surface area contributed by atoms with E-state index < -0.39 is 0 Å². The Bertz CT molecular complexity index is 405. The van der Waals surface area contributed by atoms with Crippen LogP contribution in [0.5, 0.6) is 0 Å². The van der Waals surface area contributed by atoms with Crippen LogP contribution in [0.2, 0.25) is 0 Å². The Hall–Kier alpha value is -0.890. The number of halogens is 1. The Morgan fingerprint density at radius 1 is 1.31 bits per heavy atom. The first-order valence-corrected chi connectivity index (χ1v) is 6.25. The van der Waals surface area contributed by atoms with Gasteiger partial charge in [-0.15, -0.1) is 0 Å². The largest absolute Gasteiger partial charge is 0.321 e. The fourth-order valence-electron chi connectivity index (χ4n) is 2.27. The normalized spacial score (nSPS) is 22.1. The molecule has 0 aromatic heterocycles. The number of aryl methyl sites for hydroxylation is 1. The smallest absolute Gasteiger partial charge is 0.126 e. The van der Waals surface area contributed by atoms with Crippen LogP contribution >= 0.6 is 0 Å². The Morgan fingerprint density at radius 3 is 2.69 bits per heavy atom. The first-order chi connectivity index (χ1) is 7.67. The second kappa shape index (κ2) is 3.56. The molecule has 0 atom stereocenters. The van der Waals surface area contributed by atoms with Gasteiger partial charge in [-0.2, -0.15) is 0 Å². The fourth-order valence-corrected chi connectivity index (χ4v) is 2.27. The van der Waals surface area contributed by atoms with Crippen molar-refractivity contribution in [2.75, 3.05) is 0 Å². The zero-order valence-electron chi connectivity index (χ0n) is 9.51. The molecule has 2 fully saturated rings. The van der Waals surface area contributed by atoms with Crippen molar-refractivity contribution < 1.29 is 4.39 Å². The van der Waals surface area contributed by atoms with Crippen molar-refractivity contribution in [1.29, 1.82) is 0 Å². The fraction of sp³-hybridized carbons (Fsp3) is 0.571. The van der Waals surface area contributed by atoms with Crippen LogP contribution in [0.15, 0.2) is 18.2 Å². The molecule has 0 amide bonds. The van der Waals surface area contributed by atoms with Gasteiger partial charge in [0.25, 0.3) is 0 Å². The van der Waals surface area contributed by atoms with E-state index in [0.717, 1.165) is 42.7 Å². The third-order valence-electron chi connectivity index (χ3n) is 3.93. The van der Waals surface area contributed by atoms with Crippen molar-refractivity contribution in [3.8, 4) is 0 Å². The molecule has 1 aromatic rings. The number of nitrogens with two attached hydrogens (primary N) is 1. The standard InChI is InChI=1S/C14H18FN/c15-13-6-5-12(14(16)7-8-14)9-11(13)4-3-10-1-2-10/h5-6,9-10H,1-4,7-8,16H2. The van der Waals surface area contributed by atoms with Crippen molar-refractivity contribution in [1.82, 2.24) is 0 Å². The molecule has 2 aliphatic carbocycles. The molecule has 86 valence electrons. The molecule has 0 aliphatic heterocycles. The summed E-state index contributed by atoms with van der Waals surface area (Å²) < 4.78 is 13.6. The molecule has 0 bridgehead atoms. The summed E-state index contributed by atoms with van der Waals surface area (Å²) in [6.07, 6.45) is 6.77. The molecule has 1 nitrogen and oxygen atoms in total. The van der Waals surface area contributed by atoms with Gasteiger partial charge >= 0.3 is 0 Å². The molecule has 2 saturated carbocycles. The van der Waals surface area contributed by atoms with E-state index in [1.54, 1.807) is 6.07 Å². The first kappa shape index (κ1) is 10.3. The van der Waals surface area contributed by atoms with Gasteiger partial charge in [0, 0.05) is 5.54 Å². The molecule has 2 heteroatoms. The van der Waals surface area contributed by atoms with Gasteiger partial charge in [-0.25, -0.2) is 4.39 Å². The minimum absolute atomic E-state index is 0.0614. The van der Waals surface area contributed by atoms with Gasteiger partial charge < -0.3 is 5.73 Å². The Morgan fingerprint density at radius 2 is 2.06 bits per heavy atom. The van der Waals surface area contributed by atoms with E-state index in [1.165, 1.54) is 12.8 Å². The summed E-state index contributed by atoms with van der Waals surface area (Å²) >= 11 is 0. The summed E-state index contributed by atoms with van der Waals surface area (Å²) in [5.74, 6) is 0.796. The lowest BCUT2D eigenvalue weighted by Gasteiger charge is -2.11. The predicted octanol–water partition coefficient (Wildman–Crippen LogP) is 3.12. The second-order valence-electron chi connectivity index (χ2n) is 5.44. The summed E-state index contributed by atoms with van der Waals surface area (Å²) in [7, 11) is 0. The monoisotopic (exact) mass is 219 g/mol. The van der Waals surface area contributed by atoms with Crippen LogP contribution in [0.4, 0.5) is 4.39 Å². The summed E-state index contributed by atoms with van der Waals surface area (Å²) in [4.78, 5) is 0. The van der Waals surface area contributed by atoms with Crippen molar-refractivity contribution >= 4 is 0 Å².